The lowest BCUT2D eigenvalue weighted by atomic mass is 9.81. The van der Waals surface area contributed by atoms with Crippen LogP contribution in [0.5, 0.6) is 0 Å². The lowest BCUT2D eigenvalue weighted by Crippen LogP contribution is -2.29. The van der Waals surface area contributed by atoms with Gasteiger partial charge in [-0.15, -0.1) is 0 Å². The van der Waals surface area contributed by atoms with Gasteiger partial charge in [0.05, 0.1) is 40.9 Å². The summed E-state index contributed by atoms with van der Waals surface area (Å²) < 4.78 is 0. The van der Waals surface area contributed by atoms with Crippen LogP contribution in [0.4, 0.5) is 0 Å². The monoisotopic (exact) mass is 808 g/mol. The van der Waals surface area contributed by atoms with Crippen molar-refractivity contribution < 1.29 is 10.0 Å². The molecule has 8 aromatic rings. The van der Waals surface area contributed by atoms with Gasteiger partial charge in [0, 0.05) is 27.8 Å². The smallest absolute Gasteiger partial charge is 0.423 e. The Kier molecular flexibility index (Phi) is 14.2. The highest BCUT2D eigenvalue weighted by Gasteiger charge is 2.16. The molecular formula is C52H50BClN4O2. The second-order valence-electron chi connectivity index (χ2n) is 15.5. The van der Waals surface area contributed by atoms with E-state index >= 15 is 0 Å². The molecule has 0 unspecified atom stereocenters. The molecular weight excluding hydrogens is 759 g/mol. The molecule has 8 rings (SSSR count). The van der Waals surface area contributed by atoms with Crippen LogP contribution in [0, 0.1) is 55.4 Å². The zero-order valence-electron chi connectivity index (χ0n) is 35.5. The summed E-state index contributed by atoms with van der Waals surface area (Å²) in [4.78, 5) is 19.1. The summed E-state index contributed by atoms with van der Waals surface area (Å²) in [6.45, 7) is 16.9. The Balaban J connectivity index is 0.000000169. The van der Waals surface area contributed by atoms with Gasteiger partial charge >= 0.3 is 7.12 Å². The van der Waals surface area contributed by atoms with Crippen molar-refractivity contribution in [3.63, 3.8) is 0 Å². The number of benzene rings is 6. The fourth-order valence-electron chi connectivity index (χ4n) is 7.40. The van der Waals surface area contributed by atoms with E-state index in [1.165, 1.54) is 44.5 Å². The van der Waals surface area contributed by atoms with Gasteiger partial charge in [-0.2, -0.15) is 0 Å². The van der Waals surface area contributed by atoms with E-state index in [4.69, 9.17) is 31.6 Å². The molecule has 0 amide bonds. The molecule has 60 heavy (non-hydrogen) atoms. The van der Waals surface area contributed by atoms with E-state index in [1.54, 1.807) is 30.5 Å². The van der Waals surface area contributed by atoms with Gasteiger partial charge in [0.1, 0.15) is 5.15 Å². The number of hydrogen-bond acceptors (Lipinski definition) is 6. The van der Waals surface area contributed by atoms with Crippen molar-refractivity contribution in [1.82, 2.24) is 19.9 Å². The number of hydrogen-bond donors (Lipinski definition) is 2. The zero-order chi connectivity index (χ0) is 42.9. The Morgan fingerprint density at radius 2 is 0.717 bits per heavy atom. The summed E-state index contributed by atoms with van der Waals surface area (Å²) in [5.41, 5.74) is 20.1. The molecule has 6 aromatic carbocycles. The van der Waals surface area contributed by atoms with Crippen LogP contribution in [0.1, 0.15) is 44.5 Å². The minimum Gasteiger partial charge on any atom is -0.423 e. The predicted octanol–water partition coefficient (Wildman–Crippen LogP) is 11.8. The summed E-state index contributed by atoms with van der Waals surface area (Å²) in [6.07, 6.45) is 3.50. The molecule has 0 bridgehead atoms. The zero-order valence-corrected chi connectivity index (χ0v) is 36.3. The maximum atomic E-state index is 8.58. The lowest BCUT2D eigenvalue weighted by molar-refractivity contribution is 0.426. The van der Waals surface area contributed by atoms with Crippen LogP contribution in [0.2, 0.25) is 5.15 Å². The average Bonchev–Trinajstić information content (AvgIpc) is 3.20. The lowest BCUT2D eigenvalue weighted by Gasteiger charge is -2.13. The molecule has 8 heteroatoms. The third-order valence-corrected chi connectivity index (χ3v) is 9.85. The molecule has 2 heterocycles. The number of aryl methyl sites for hydroxylation is 8. The van der Waals surface area contributed by atoms with Crippen molar-refractivity contribution in [2.75, 3.05) is 0 Å². The summed E-state index contributed by atoms with van der Waals surface area (Å²) in [6, 6.07) is 44.9. The molecule has 0 aliphatic heterocycles. The van der Waals surface area contributed by atoms with Gasteiger partial charge in [-0.05, 0) is 109 Å². The van der Waals surface area contributed by atoms with E-state index in [2.05, 4.69) is 150 Å². The van der Waals surface area contributed by atoms with Gasteiger partial charge < -0.3 is 10.0 Å². The molecule has 2 aromatic heterocycles. The second kappa shape index (κ2) is 19.7. The van der Waals surface area contributed by atoms with Crippen molar-refractivity contribution in [2.24, 2.45) is 0 Å². The van der Waals surface area contributed by atoms with Crippen molar-refractivity contribution in [2.45, 2.75) is 55.4 Å². The summed E-state index contributed by atoms with van der Waals surface area (Å²) >= 11 is 6.12. The third-order valence-electron chi connectivity index (χ3n) is 9.66. The van der Waals surface area contributed by atoms with E-state index in [9.17, 15) is 0 Å². The van der Waals surface area contributed by atoms with Gasteiger partial charge in [-0.25, -0.2) is 9.97 Å². The van der Waals surface area contributed by atoms with Crippen LogP contribution in [0.3, 0.4) is 0 Å². The molecule has 2 N–H and O–H groups in total. The molecule has 0 atom stereocenters. The van der Waals surface area contributed by atoms with E-state index in [-0.39, 0.29) is 0 Å². The number of halogens is 1. The highest BCUT2D eigenvalue weighted by molar-refractivity contribution is 6.58. The first-order valence-electron chi connectivity index (χ1n) is 19.9. The Hall–Kier alpha value is -6.25. The minimum atomic E-state index is -1.34. The van der Waals surface area contributed by atoms with Crippen LogP contribution in [-0.2, 0) is 0 Å². The summed E-state index contributed by atoms with van der Waals surface area (Å²) in [5, 5.41) is 17.6. The maximum absolute atomic E-state index is 8.58. The summed E-state index contributed by atoms with van der Waals surface area (Å²) in [7, 11) is -1.34. The van der Waals surface area contributed by atoms with E-state index in [0.717, 1.165) is 56.3 Å². The predicted molar refractivity (Wildman–Crippen MR) is 250 cm³/mol. The average molecular weight is 809 g/mol. The standard InChI is InChI=1S/C26H24N2.C20H19ClN2.C6H7BO2/c1-17-10-18(2)13-22(12-17)25-26(23-14-19(3)11-20(4)15-23)28-24(16-27-25)21-8-6-5-7-9-21;1-12-5-13(2)8-16(7-12)19-20(23-18(21)11-22-19)17-9-14(3)6-15(4)10-17;8-7(9)6-4-2-1-3-5-6/h5-16H,1-4H3;5-11H,1-4H3;1-5,8-9H. The molecule has 6 nitrogen and oxygen atoms in total. The van der Waals surface area contributed by atoms with Crippen LogP contribution in [0.25, 0.3) is 56.3 Å². The quantitative estimate of drug-likeness (QED) is 0.163. The van der Waals surface area contributed by atoms with Crippen LogP contribution >= 0.6 is 11.6 Å². The third kappa shape index (κ3) is 11.5. The molecule has 0 fully saturated rings. The van der Waals surface area contributed by atoms with E-state index in [0.29, 0.717) is 10.6 Å². The molecule has 300 valence electrons. The highest BCUT2D eigenvalue weighted by atomic mass is 35.5. The number of aromatic nitrogens is 4. The summed E-state index contributed by atoms with van der Waals surface area (Å²) in [5.74, 6) is 0. The van der Waals surface area contributed by atoms with Gasteiger partial charge in [-0.3, -0.25) is 9.97 Å². The topological polar surface area (TPSA) is 92.0 Å². The van der Waals surface area contributed by atoms with E-state index < -0.39 is 7.12 Å². The fraction of sp³-hybridized carbons (Fsp3) is 0.154. The maximum Gasteiger partial charge on any atom is 0.488 e. The molecule has 0 aliphatic carbocycles. The molecule has 0 spiro atoms. The Morgan fingerprint density at radius 1 is 0.383 bits per heavy atom. The molecule has 0 aliphatic rings. The van der Waals surface area contributed by atoms with Crippen molar-refractivity contribution in [3.8, 4) is 56.3 Å². The first kappa shape index (κ1) is 43.3. The highest BCUT2D eigenvalue weighted by Crippen LogP contribution is 2.34. The first-order chi connectivity index (χ1) is 28.7. The van der Waals surface area contributed by atoms with Crippen molar-refractivity contribution in [3.05, 3.63) is 196 Å². The molecule has 0 saturated carbocycles. The van der Waals surface area contributed by atoms with Gasteiger partial charge in [0.2, 0.25) is 0 Å². The van der Waals surface area contributed by atoms with Gasteiger partial charge in [0.15, 0.2) is 0 Å². The Bertz CT molecular complexity index is 2660. The van der Waals surface area contributed by atoms with Crippen molar-refractivity contribution >= 4 is 24.2 Å². The van der Waals surface area contributed by atoms with E-state index in [1.807, 2.05) is 30.5 Å². The molecule has 0 saturated heterocycles. The minimum absolute atomic E-state index is 0.410. The Labute approximate surface area is 359 Å². The van der Waals surface area contributed by atoms with Gasteiger partial charge in [-0.1, -0.05) is 141 Å². The van der Waals surface area contributed by atoms with Crippen LogP contribution < -0.4 is 5.46 Å². The number of rotatable bonds is 6. The molecule has 0 radical (unpaired) electrons. The largest absolute Gasteiger partial charge is 0.488 e. The van der Waals surface area contributed by atoms with Crippen molar-refractivity contribution in [1.29, 1.82) is 0 Å². The van der Waals surface area contributed by atoms with Crippen LogP contribution in [-0.4, -0.2) is 37.1 Å². The fourth-order valence-corrected chi connectivity index (χ4v) is 7.53. The number of nitrogens with zero attached hydrogens (tertiary/aromatic N) is 4. The first-order valence-corrected chi connectivity index (χ1v) is 20.3. The van der Waals surface area contributed by atoms with Crippen LogP contribution in [0.15, 0.2) is 146 Å². The Morgan fingerprint density at radius 3 is 1.08 bits per heavy atom. The SMILES string of the molecule is Cc1cc(C)cc(-c2ncc(-c3ccccc3)nc2-c2cc(C)cc(C)c2)c1.Cc1cc(C)cc(-c2ncc(Cl)nc2-c2cc(C)cc(C)c2)c1.OB(O)c1ccccc1. The second-order valence-corrected chi connectivity index (χ2v) is 15.9. The van der Waals surface area contributed by atoms with Gasteiger partial charge in [0.25, 0.3) is 0 Å². The normalized spacial score (nSPS) is 10.6.